The summed E-state index contributed by atoms with van der Waals surface area (Å²) in [5.41, 5.74) is 3.59. The van der Waals surface area contributed by atoms with Gasteiger partial charge < -0.3 is 4.90 Å². The summed E-state index contributed by atoms with van der Waals surface area (Å²) in [5.74, 6) is 0.268. The van der Waals surface area contributed by atoms with Gasteiger partial charge in [-0.05, 0) is 23.1 Å². The number of carbonyl (C=O) groups is 1. The summed E-state index contributed by atoms with van der Waals surface area (Å²) in [6.45, 7) is 2.79. The highest BCUT2D eigenvalue weighted by Gasteiger charge is 2.19. The molecule has 4 nitrogen and oxygen atoms in total. The van der Waals surface area contributed by atoms with Crippen molar-refractivity contribution in [2.45, 2.75) is 12.8 Å². The summed E-state index contributed by atoms with van der Waals surface area (Å²) >= 11 is 0. The van der Waals surface area contributed by atoms with Gasteiger partial charge in [0.2, 0.25) is 0 Å². The van der Waals surface area contributed by atoms with Crippen molar-refractivity contribution in [1.82, 2.24) is 14.9 Å². The van der Waals surface area contributed by atoms with Crippen LogP contribution in [-0.4, -0.2) is 34.4 Å². The molecule has 0 N–H and O–H groups in total. The molecule has 4 heteroatoms. The third kappa shape index (κ3) is 3.91. The summed E-state index contributed by atoms with van der Waals surface area (Å²) < 4.78 is 0. The van der Waals surface area contributed by atoms with E-state index in [9.17, 15) is 4.79 Å². The Bertz CT molecular complexity index is 834. The van der Waals surface area contributed by atoms with Gasteiger partial charge in [-0.1, -0.05) is 55.5 Å². The number of nitrogens with zero attached hydrogens (tertiary/aromatic N) is 3. The van der Waals surface area contributed by atoms with E-state index in [0.29, 0.717) is 12.1 Å². The number of hydrogen-bond acceptors (Lipinski definition) is 3. The van der Waals surface area contributed by atoms with Crippen molar-refractivity contribution in [3.63, 3.8) is 0 Å². The highest BCUT2D eigenvalue weighted by molar-refractivity contribution is 6.00. The van der Waals surface area contributed by atoms with Crippen molar-refractivity contribution in [1.29, 1.82) is 0 Å². The molecular formula is C21H21N3O. The standard InChI is InChI=1S/C21H21N3O/c1-16(17-8-4-3-5-9-17)14-24(2)21(25)20-11-7-6-10-19(20)18-12-22-15-23-13-18/h3-13,15-16H,14H2,1-2H3/t16-/m0/s1. The Balaban J connectivity index is 1.81. The van der Waals surface area contributed by atoms with Crippen LogP contribution in [0.15, 0.2) is 73.3 Å². The molecule has 0 aliphatic heterocycles. The third-order valence-corrected chi connectivity index (χ3v) is 4.29. The second kappa shape index (κ2) is 7.71. The van der Waals surface area contributed by atoms with E-state index in [1.54, 1.807) is 17.3 Å². The van der Waals surface area contributed by atoms with Gasteiger partial charge in [0.15, 0.2) is 0 Å². The Labute approximate surface area is 148 Å². The first-order valence-corrected chi connectivity index (χ1v) is 8.31. The summed E-state index contributed by atoms with van der Waals surface area (Å²) in [4.78, 5) is 22.9. The Kier molecular flexibility index (Phi) is 5.19. The molecule has 1 aromatic heterocycles. The number of hydrogen-bond donors (Lipinski definition) is 0. The fourth-order valence-electron chi connectivity index (χ4n) is 2.95. The lowest BCUT2D eigenvalue weighted by atomic mass is 9.99. The van der Waals surface area contributed by atoms with Crippen LogP contribution < -0.4 is 0 Å². The molecule has 1 heterocycles. The van der Waals surface area contributed by atoms with Crippen molar-refractivity contribution in [3.05, 3.63) is 84.4 Å². The minimum Gasteiger partial charge on any atom is -0.341 e. The Morgan fingerprint density at radius 2 is 1.64 bits per heavy atom. The van der Waals surface area contributed by atoms with E-state index < -0.39 is 0 Å². The molecule has 0 aliphatic rings. The Morgan fingerprint density at radius 1 is 1.00 bits per heavy atom. The third-order valence-electron chi connectivity index (χ3n) is 4.29. The maximum absolute atomic E-state index is 13.0. The monoisotopic (exact) mass is 331 g/mol. The zero-order valence-corrected chi connectivity index (χ0v) is 14.5. The highest BCUT2D eigenvalue weighted by atomic mass is 16.2. The van der Waals surface area contributed by atoms with Crippen molar-refractivity contribution >= 4 is 5.91 Å². The molecule has 0 bridgehead atoms. The van der Waals surface area contributed by atoms with Crippen LogP contribution in [-0.2, 0) is 0 Å². The first-order valence-electron chi connectivity index (χ1n) is 8.31. The van der Waals surface area contributed by atoms with E-state index in [2.05, 4.69) is 29.0 Å². The summed E-state index contributed by atoms with van der Waals surface area (Å²) in [6.07, 6.45) is 4.94. The lowest BCUT2D eigenvalue weighted by molar-refractivity contribution is 0.0789. The van der Waals surface area contributed by atoms with Gasteiger partial charge in [0.25, 0.3) is 5.91 Å². The molecule has 0 spiro atoms. The molecule has 25 heavy (non-hydrogen) atoms. The number of rotatable bonds is 5. The smallest absolute Gasteiger partial charge is 0.254 e. The Morgan fingerprint density at radius 3 is 2.36 bits per heavy atom. The number of likely N-dealkylation sites (N-methyl/N-ethyl adjacent to an activating group) is 1. The fourth-order valence-corrected chi connectivity index (χ4v) is 2.95. The van der Waals surface area contributed by atoms with E-state index >= 15 is 0 Å². The van der Waals surface area contributed by atoms with Crippen LogP contribution in [0.4, 0.5) is 0 Å². The van der Waals surface area contributed by atoms with Crippen molar-refractivity contribution in [2.24, 2.45) is 0 Å². The average Bonchev–Trinajstić information content (AvgIpc) is 2.68. The second-order valence-electron chi connectivity index (χ2n) is 6.17. The molecule has 0 aliphatic carbocycles. The van der Waals surface area contributed by atoms with Crippen LogP contribution in [0.1, 0.15) is 28.8 Å². The molecule has 1 atom stereocenters. The van der Waals surface area contributed by atoms with Gasteiger partial charge in [0.05, 0.1) is 0 Å². The Hall–Kier alpha value is -3.01. The normalized spacial score (nSPS) is 11.8. The van der Waals surface area contributed by atoms with Crippen molar-refractivity contribution < 1.29 is 4.79 Å². The first-order chi connectivity index (χ1) is 12.2. The number of aromatic nitrogens is 2. The SMILES string of the molecule is C[C@@H](CN(C)C(=O)c1ccccc1-c1cncnc1)c1ccccc1. The van der Waals surface area contributed by atoms with Crippen molar-refractivity contribution in [2.75, 3.05) is 13.6 Å². The first kappa shape index (κ1) is 16.8. The maximum Gasteiger partial charge on any atom is 0.254 e. The summed E-state index contributed by atoms with van der Waals surface area (Å²) in [7, 11) is 1.85. The van der Waals surface area contributed by atoms with E-state index in [4.69, 9.17) is 0 Å². The van der Waals surface area contributed by atoms with Gasteiger partial charge in [-0.25, -0.2) is 9.97 Å². The van der Waals surface area contributed by atoms with Crippen molar-refractivity contribution in [3.8, 4) is 11.1 Å². The molecule has 126 valence electrons. The van der Waals surface area contributed by atoms with Crippen LogP contribution in [0.2, 0.25) is 0 Å². The molecule has 0 radical (unpaired) electrons. The zero-order valence-electron chi connectivity index (χ0n) is 14.5. The maximum atomic E-state index is 13.0. The van der Waals surface area contributed by atoms with Crippen LogP contribution in [0.5, 0.6) is 0 Å². The molecule has 0 saturated heterocycles. The molecule has 3 rings (SSSR count). The molecule has 3 aromatic rings. The van der Waals surface area contributed by atoms with Crippen LogP contribution >= 0.6 is 0 Å². The second-order valence-corrected chi connectivity index (χ2v) is 6.17. The van der Waals surface area contributed by atoms with Gasteiger partial charge in [-0.15, -0.1) is 0 Å². The molecule has 1 amide bonds. The molecule has 0 unspecified atom stereocenters. The molecule has 0 fully saturated rings. The number of amides is 1. The minimum atomic E-state index is 0.00207. The summed E-state index contributed by atoms with van der Waals surface area (Å²) in [5, 5.41) is 0. The average molecular weight is 331 g/mol. The minimum absolute atomic E-state index is 0.00207. The lowest BCUT2D eigenvalue weighted by Gasteiger charge is -2.23. The zero-order chi connectivity index (χ0) is 17.6. The number of carbonyl (C=O) groups excluding carboxylic acids is 1. The van der Waals surface area contributed by atoms with E-state index in [1.807, 2.05) is 49.5 Å². The molecular weight excluding hydrogens is 310 g/mol. The van der Waals surface area contributed by atoms with Crippen LogP contribution in [0, 0.1) is 0 Å². The predicted octanol–water partition coefficient (Wildman–Crippen LogP) is 4.02. The fraction of sp³-hybridized carbons (Fsp3) is 0.190. The topological polar surface area (TPSA) is 46.1 Å². The van der Waals surface area contributed by atoms with Gasteiger partial charge >= 0.3 is 0 Å². The lowest BCUT2D eigenvalue weighted by Crippen LogP contribution is -2.30. The highest BCUT2D eigenvalue weighted by Crippen LogP contribution is 2.24. The molecule has 2 aromatic carbocycles. The molecule has 0 saturated carbocycles. The van der Waals surface area contributed by atoms with Gasteiger partial charge in [-0.3, -0.25) is 4.79 Å². The van der Waals surface area contributed by atoms with Gasteiger partial charge in [-0.2, -0.15) is 0 Å². The van der Waals surface area contributed by atoms with E-state index in [0.717, 1.165) is 11.1 Å². The van der Waals surface area contributed by atoms with Crippen LogP contribution in [0.25, 0.3) is 11.1 Å². The van der Waals surface area contributed by atoms with Gasteiger partial charge in [0.1, 0.15) is 6.33 Å². The number of benzene rings is 2. The summed E-state index contributed by atoms with van der Waals surface area (Å²) in [6, 6.07) is 17.8. The van der Waals surface area contributed by atoms with E-state index in [-0.39, 0.29) is 11.8 Å². The van der Waals surface area contributed by atoms with Gasteiger partial charge in [0, 0.05) is 37.1 Å². The van der Waals surface area contributed by atoms with E-state index in [1.165, 1.54) is 11.9 Å². The largest absolute Gasteiger partial charge is 0.341 e. The quantitative estimate of drug-likeness (QED) is 0.709. The van der Waals surface area contributed by atoms with Crippen LogP contribution in [0.3, 0.4) is 0 Å². The predicted molar refractivity (Wildman–Crippen MR) is 99.3 cm³/mol.